The summed E-state index contributed by atoms with van der Waals surface area (Å²) in [5, 5.41) is 2.74. The Bertz CT molecular complexity index is 1080. The number of esters is 1. The van der Waals surface area contributed by atoms with Crippen LogP contribution < -0.4 is 5.32 Å². The third-order valence-corrected chi connectivity index (χ3v) is 5.54. The summed E-state index contributed by atoms with van der Waals surface area (Å²) in [5.41, 5.74) is 4.57. The molecule has 1 aromatic heterocycles. The number of amides is 1. The highest BCUT2D eigenvalue weighted by molar-refractivity contribution is 5.94. The number of hydrogen-bond donors (Lipinski definition) is 1. The Morgan fingerprint density at radius 1 is 1.03 bits per heavy atom. The molecule has 1 N–H and O–H groups in total. The predicted octanol–water partition coefficient (Wildman–Crippen LogP) is 4.99. The normalized spacial score (nSPS) is 12.3. The van der Waals surface area contributed by atoms with Gasteiger partial charge >= 0.3 is 5.97 Å². The first kappa shape index (κ1) is 23.3. The van der Waals surface area contributed by atoms with Crippen molar-refractivity contribution in [2.24, 2.45) is 0 Å². The van der Waals surface area contributed by atoms with E-state index in [2.05, 4.69) is 51.2 Å². The van der Waals surface area contributed by atoms with E-state index >= 15 is 0 Å². The van der Waals surface area contributed by atoms with Crippen LogP contribution in [0.4, 0.5) is 0 Å². The van der Waals surface area contributed by atoms with E-state index < -0.39 is 17.9 Å². The van der Waals surface area contributed by atoms with Crippen LogP contribution in [0.1, 0.15) is 59.3 Å². The quantitative estimate of drug-likeness (QED) is 0.533. The van der Waals surface area contributed by atoms with Crippen LogP contribution in [0.2, 0.25) is 0 Å². The van der Waals surface area contributed by atoms with Crippen molar-refractivity contribution in [1.82, 2.24) is 5.32 Å². The summed E-state index contributed by atoms with van der Waals surface area (Å²) in [6.45, 7) is 8.63. The zero-order chi connectivity index (χ0) is 23.3. The lowest BCUT2D eigenvalue weighted by Crippen LogP contribution is -2.43. The second kappa shape index (κ2) is 9.86. The fraction of sp³-hybridized carbons (Fsp3) is 0.333. The number of furan rings is 1. The Kier molecular flexibility index (Phi) is 7.18. The van der Waals surface area contributed by atoms with Gasteiger partial charge in [0.2, 0.25) is 0 Å². The molecule has 1 atom stereocenters. The zero-order valence-corrected chi connectivity index (χ0v) is 19.4. The molecule has 168 valence electrons. The van der Waals surface area contributed by atoms with Gasteiger partial charge in [0.15, 0.2) is 5.76 Å². The second-order valence-corrected chi connectivity index (χ2v) is 9.07. The number of nitrogens with one attached hydrogen (secondary N) is 1. The summed E-state index contributed by atoms with van der Waals surface area (Å²) in [6, 6.07) is 18.6. The minimum absolute atomic E-state index is 0.0539. The molecule has 1 amide bonds. The van der Waals surface area contributed by atoms with Gasteiger partial charge in [0.1, 0.15) is 11.8 Å². The highest BCUT2D eigenvalue weighted by Gasteiger charge is 2.24. The first-order valence-corrected chi connectivity index (χ1v) is 10.8. The SMILES string of the molecule is COC(=O)C(Cc1ccccc1)NC(=O)c1ccc(Cc2cc(C(C)(C)C)ccc2C)o1. The Hall–Kier alpha value is -3.34. The molecule has 3 rings (SSSR count). The van der Waals surface area contributed by atoms with E-state index in [4.69, 9.17) is 9.15 Å². The lowest BCUT2D eigenvalue weighted by Gasteiger charge is -2.20. The maximum atomic E-state index is 12.8. The van der Waals surface area contributed by atoms with Gasteiger partial charge in [-0.15, -0.1) is 0 Å². The smallest absolute Gasteiger partial charge is 0.328 e. The Labute approximate surface area is 189 Å². The highest BCUT2D eigenvalue weighted by atomic mass is 16.5. The first-order valence-electron chi connectivity index (χ1n) is 10.8. The summed E-state index contributed by atoms with van der Waals surface area (Å²) in [7, 11) is 1.31. The molecule has 0 saturated carbocycles. The molecule has 0 radical (unpaired) electrons. The third kappa shape index (κ3) is 5.88. The number of aryl methyl sites for hydroxylation is 1. The summed E-state index contributed by atoms with van der Waals surface area (Å²) in [4.78, 5) is 25.0. The molecule has 5 heteroatoms. The number of carbonyl (C=O) groups is 2. The minimum Gasteiger partial charge on any atom is -0.467 e. The molecular weight excluding hydrogens is 402 g/mol. The topological polar surface area (TPSA) is 68.5 Å². The fourth-order valence-corrected chi connectivity index (χ4v) is 3.53. The number of hydrogen-bond acceptors (Lipinski definition) is 4. The molecule has 0 aliphatic rings. The molecule has 2 aromatic carbocycles. The Balaban J connectivity index is 1.73. The van der Waals surface area contributed by atoms with E-state index in [0.29, 0.717) is 18.6 Å². The van der Waals surface area contributed by atoms with Gasteiger partial charge in [0, 0.05) is 12.8 Å². The fourth-order valence-electron chi connectivity index (χ4n) is 3.53. The van der Waals surface area contributed by atoms with Crippen LogP contribution in [0.3, 0.4) is 0 Å². The van der Waals surface area contributed by atoms with E-state index in [9.17, 15) is 9.59 Å². The Morgan fingerprint density at radius 3 is 2.41 bits per heavy atom. The van der Waals surface area contributed by atoms with Crippen LogP contribution in [0.5, 0.6) is 0 Å². The first-order chi connectivity index (χ1) is 15.2. The predicted molar refractivity (Wildman–Crippen MR) is 125 cm³/mol. The average molecular weight is 434 g/mol. The van der Waals surface area contributed by atoms with Crippen LogP contribution in [-0.2, 0) is 27.8 Å². The van der Waals surface area contributed by atoms with Crippen molar-refractivity contribution in [1.29, 1.82) is 0 Å². The molecule has 32 heavy (non-hydrogen) atoms. The average Bonchev–Trinajstić information content (AvgIpc) is 3.23. The molecule has 0 fully saturated rings. The van der Waals surface area contributed by atoms with E-state index in [1.165, 1.54) is 18.2 Å². The number of benzene rings is 2. The molecule has 1 heterocycles. The van der Waals surface area contributed by atoms with Crippen molar-refractivity contribution >= 4 is 11.9 Å². The molecule has 0 saturated heterocycles. The summed E-state index contributed by atoms with van der Waals surface area (Å²) >= 11 is 0. The standard InChI is InChI=1S/C27H31NO4/c1-18-11-12-21(27(2,3)4)16-20(18)17-22-13-14-24(32-22)25(29)28-23(26(30)31-5)15-19-9-7-6-8-10-19/h6-14,16,23H,15,17H2,1-5H3,(H,28,29). The van der Waals surface area contributed by atoms with E-state index in [1.807, 2.05) is 36.4 Å². The summed E-state index contributed by atoms with van der Waals surface area (Å²) < 4.78 is 10.7. The maximum absolute atomic E-state index is 12.8. The maximum Gasteiger partial charge on any atom is 0.328 e. The van der Waals surface area contributed by atoms with Crippen molar-refractivity contribution in [2.75, 3.05) is 7.11 Å². The number of methoxy groups -OCH3 is 1. The van der Waals surface area contributed by atoms with Crippen LogP contribution in [-0.4, -0.2) is 25.0 Å². The van der Waals surface area contributed by atoms with Gasteiger partial charge in [-0.3, -0.25) is 4.79 Å². The van der Waals surface area contributed by atoms with E-state index in [0.717, 1.165) is 11.1 Å². The molecule has 5 nitrogen and oxygen atoms in total. The van der Waals surface area contributed by atoms with Gasteiger partial charge < -0.3 is 14.5 Å². The van der Waals surface area contributed by atoms with Crippen molar-refractivity contribution < 1.29 is 18.7 Å². The number of rotatable bonds is 7. The third-order valence-electron chi connectivity index (χ3n) is 5.54. The molecule has 3 aromatic rings. The molecule has 1 unspecified atom stereocenters. The van der Waals surface area contributed by atoms with Crippen molar-refractivity contribution in [3.05, 3.63) is 94.4 Å². The zero-order valence-electron chi connectivity index (χ0n) is 19.4. The van der Waals surface area contributed by atoms with Crippen LogP contribution in [0.15, 0.2) is 65.1 Å². The summed E-state index contributed by atoms with van der Waals surface area (Å²) in [5.74, 6) is -0.0695. The van der Waals surface area contributed by atoms with Crippen molar-refractivity contribution in [3.8, 4) is 0 Å². The lowest BCUT2D eigenvalue weighted by atomic mass is 9.85. The lowest BCUT2D eigenvalue weighted by molar-refractivity contribution is -0.142. The van der Waals surface area contributed by atoms with Crippen LogP contribution in [0, 0.1) is 6.92 Å². The minimum atomic E-state index is -0.797. The Morgan fingerprint density at radius 2 is 1.75 bits per heavy atom. The van der Waals surface area contributed by atoms with Gasteiger partial charge in [-0.2, -0.15) is 0 Å². The molecule has 0 spiro atoms. The molecule has 0 aliphatic heterocycles. The monoisotopic (exact) mass is 433 g/mol. The van der Waals surface area contributed by atoms with Gasteiger partial charge in [0.05, 0.1) is 7.11 Å². The number of ether oxygens (including phenoxy) is 1. The van der Waals surface area contributed by atoms with Gasteiger partial charge in [-0.1, -0.05) is 69.3 Å². The van der Waals surface area contributed by atoms with Gasteiger partial charge in [0.25, 0.3) is 5.91 Å². The molecule has 0 bridgehead atoms. The van der Waals surface area contributed by atoms with E-state index in [1.54, 1.807) is 6.07 Å². The second-order valence-electron chi connectivity index (χ2n) is 9.07. The van der Waals surface area contributed by atoms with Crippen molar-refractivity contribution in [2.45, 2.75) is 52.0 Å². The number of carbonyl (C=O) groups excluding carboxylic acids is 2. The highest BCUT2D eigenvalue weighted by Crippen LogP contribution is 2.26. The molecular formula is C27H31NO4. The van der Waals surface area contributed by atoms with E-state index in [-0.39, 0.29) is 11.2 Å². The summed E-state index contributed by atoms with van der Waals surface area (Å²) in [6.07, 6.45) is 0.930. The largest absolute Gasteiger partial charge is 0.467 e. The molecule has 0 aliphatic carbocycles. The van der Waals surface area contributed by atoms with Gasteiger partial charge in [-0.05, 0) is 46.7 Å². The van der Waals surface area contributed by atoms with Crippen LogP contribution in [0.25, 0.3) is 0 Å². The van der Waals surface area contributed by atoms with Crippen LogP contribution >= 0.6 is 0 Å². The van der Waals surface area contributed by atoms with Gasteiger partial charge in [-0.25, -0.2) is 4.79 Å². The van der Waals surface area contributed by atoms with Crippen molar-refractivity contribution in [3.63, 3.8) is 0 Å².